The first-order chi connectivity index (χ1) is 7.27. The Morgan fingerprint density at radius 1 is 1.60 bits per heavy atom. The molecule has 0 aromatic carbocycles. The largest absolute Gasteiger partial charge is 0.461 e. The van der Waals surface area contributed by atoms with Crippen LogP contribution in [0, 0.1) is 0 Å². The molecule has 84 valence electrons. The van der Waals surface area contributed by atoms with Gasteiger partial charge < -0.3 is 14.6 Å². The van der Waals surface area contributed by atoms with E-state index in [0.29, 0.717) is 18.9 Å². The highest BCUT2D eigenvalue weighted by molar-refractivity contribution is 5.87. The van der Waals surface area contributed by atoms with Crippen molar-refractivity contribution in [2.45, 2.75) is 26.8 Å². The Balaban J connectivity index is 2.45. The Kier molecular flexibility index (Phi) is 4.83. The molecule has 0 unspecified atom stereocenters. The van der Waals surface area contributed by atoms with Gasteiger partial charge in [-0.2, -0.15) is 0 Å². The number of nitrogens with zero attached hydrogens (tertiary/aromatic N) is 1. The van der Waals surface area contributed by atoms with Gasteiger partial charge in [-0.3, -0.25) is 0 Å². The quantitative estimate of drug-likeness (QED) is 0.569. The zero-order chi connectivity index (χ0) is 11.1. The van der Waals surface area contributed by atoms with Gasteiger partial charge in [0.05, 0.1) is 13.2 Å². The number of aromatic nitrogens is 1. The van der Waals surface area contributed by atoms with Gasteiger partial charge >= 0.3 is 5.97 Å². The van der Waals surface area contributed by atoms with E-state index in [-0.39, 0.29) is 5.69 Å². The van der Waals surface area contributed by atoms with Crippen LogP contribution in [0.15, 0.2) is 10.6 Å². The lowest BCUT2D eigenvalue weighted by Crippen LogP contribution is -2.13. The van der Waals surface area contributed by atoms with Crippen LogP contribution in [0.3, 0.4) is 0 Å². The van der Waals surface area contributed by atoms with Crippen molar-refractivity contribution in [3.8, 4) is 0 Å². The number of ether oxygens (including phenoxy) is 1. The van der Waals surface area contributed by atoms with Gasteiger partial charge in [-0.15, -0.1) is 0 Å². The van der Waals surface area contributed by atoms with Crippen molar-refractivity contribution in [2.24, 2.45) is 0 Å². The first kappa shape index (κ1) is 11.7. The Morgan fingerprint density at radius 2 is 2.40 bits per heavy atom. The smallest absolute Gasteiger partial charge is 0.360 e. The average Bonchev–Trinajstić information content (AvgIpc) is 2.67. The summed E-state index contributed by atoms with van der Waals surface area (Å²) >= 11 is 0. The third kappa shape index (κ3) is 3.71. The molecule has 5 heteroatoms. The maximum atomic E-state index is 11.2. The van der Waals surface area contributed by atoms with E-state index >= 15 is 0 Å². The zero-order valence-electron chi connectivity index (χ0n) is 9.08. The van der Waals surface area contributed by atoms with Crippen LogP contribution in [0.4, 0.5) is 0 Å². The molecule has 0 aliphatic heterocycles. The summed E-state index contributed by atoms with van der Waals surface area (Å²) in [5.41, 5.74) is 0.227. The Labute approximate surface area is 88.8 Å². The summed E-state index contributed by atoms with van der Waals surface area (Å²) in [5.74, 6) is 0.203. The molecule has 1 heterocycles. The van der Waals surface area contributed by atoms with Gasteiger partial charge in [0.15, 0.2) is 11.5 Å². The number of hydrogen-bond acceptors (Lipinski definition) is 5. The van der Waals surface area contributed by atoms with E-state index in [1.165, 1.54) is 0 Å². The third-order valence-corrected chi connectivity index (χ3v) is 1.77. The van der Waals surface area contributed by atoms with Crippen molar-refractivity contribution in [2.75, 3.05) is 13.2 Å². The van der Waals surface area contributed by atoms with Gasteiger partial charge in [0.1, 0.15) is 0 Å². The molecule has 1 aromatic heterocycles. The Hall–Kier alpha value is -1.36. The highest BCUT2D eigenvalue weighted by Gasteiger charge is 2.12. The molecule has 0 radical (unpaired) electrons. The maximum absolute atomic E-state index is 11.2. The van der Waals surface area contributed by atoms with Crippen molar-refractivity contribution in [1.82, 2.24) is 10.5 Å². The molecule has 0 saturated carbocycles. The van der Waals surface area contributed by atoms with Crippen LogP contribution in [0.1, 0.15) is 36.5 Å². The second-order valence-corrected chi connectivity index (χ2v) is 3.08. The van der Waals surface area contributed by atoms with Gasteiger partial charge in [0.25, 0.3) is 0 Å². The van der Waals surface area contributed by atoms with E-state index in [1.807, 2.05) is 0 Å². The van der Waals surface area contributed by atoms with Crippen molar-refractivity contribution in [1.29, 1.82) is 0 Å². The summed E-state index contributed by atoms with van der Waals surface area (Å²) in [5, 5.41) is 6.77. The minimum Gasteiger partial charge on any atom is -0.461 e. The normalized spacial score (nSPS) is 10.3. The summed E-state index contributed by atoms with van der Waals surface area (Å²) < 4.78 is 9.75. The van der Waals surface area contributed by atoms with Crippen LogP contribution >= 0.6 is 0 Å². The molecule has 15 heavy (non-hydrogen) atoms. The first-order valence-electron chi connectivity index (χ1n) is 5.11. The molecule has 5 nitrogen and oxygen atoms in total. The van der Waals surface area contributed by atoms with Gasteiger partial charge in [0.2, 0.25) is 0 Å². The van der Waals surface area contributed by atoms with Crippen molar-refractivity contribution in [3.05, 3.63) is 17.5 Å². The molecular weight excluding hydrogens is 196 g/mol. The number of rotatable bonds is 6. The number of esters is 1. The van der Waals surface area contributed by atoms with E-state index in [1.54, 1.807) is 13.0 Å². The summed E-state index contributed by atoms with van der Waals surface area (Å²) in [4.78, 5) is 11.2. The van der Waals surface area contributed by atoms with E-state index in [0.717, 1.165) is 13.0 Å². The van der Waals surface area contributed by atoms with E-state index in [4.69, 9.17) is 9.26 Å². The Morgan fingerprint density at radius 3 is 3.07 bits per heavy atom. The summed E-state index contributed by atoms with van der Waals surface area (Å²) in [6.07, 6.45) is 1.05. The van der Waals surface area contributed by atoms with Crippen LogP contribution in [-0.4, -0.2) is 24.3 Å². The van der Waals surface area contributed by atoms with E-state index < -0.39 is 5.97 Å². The van der Waals surface area contributed by atoms with Crippen LogP contribution in [-0.2, 0) is 11.3 Å². The van der Waals surface area contributed by atoms with Crippen molar-refractivity contribution in [3.63, 3.8) is 0 Å². The van der Waals surface area contributed by atoms with Crippen LogP contribution in [0.25, 0.3) is 0 Å². The molecular formula is C10H16N2O3. The van der Waals surface area contributed by atoms with Crippen LogP contribution in [0.5, 0.6) is 0 Å². The number of carbonyl (C=O) groups excluding carboxylic acids is 1. The van der Waals surface area contributed by atoms with Crippen LogP contribution < -0.4 is 5.32 Å². The second-order valence-electron chi connectivity index (χ2n) is 3.08. The molecule has 0 aliphatic rings. The minimum atomic E-state index is -0.442. The highest BCUT2D eigenvalue weighted by Crippen LogP contribution is 2.04. The van der Waals surface area contributed by atoms with Crippen LogP contribution in [0.2, 0.25) is 0 Å². The molecule has 0 atom stereocenters. The summed E-state index contributed by atoms with van der Waals surface area (Å²) in [6, 6.07) is 1.60. The first-order valence-corrected chi connectivity index (χ1v) is 5.11. The molecule has 0 amide bonds. The lowest BCUT2D eigenvalue weighted by molar-refractivity contribution is 0.0514. The predicted octanol–water partition coefficient (Wildman–Crippen LogP) is 1.35. The Bertz CT molecular complexity index is 309. The highest BCUT2D eigenvalue weighted by atomic mass is 16.5. The lowest BCUT2D eigenvalue weighted by atomic mass is 10.3. The third-order valence-electron chi connectivity index (χ3n) is 1.77. The molecule has 0 saturated heterocycles. The van der Waals surface area contributed by atoms with Gasteiger partial charge in [-0.1, -0.05) is 12.1 Å². The molecule has 0 aliphatic carbocycles. The number of hydrogen-bond donors (Lipinski definition) is 1. The lowest BCUT2D eigenvalue weighted by Gasteiger charge is -1.96. The topological polar surface area (TPSA) is 64.4 Å². The molecule has 1 aromatic rings. The fourth-order valence-corrected chi connectivity index (χ4v) is 1.09. The standard InChI is InChI=1S/C10H16N2O3/c1-3-5-11-7-8-6-9(12-15-8)10(13)14-4-2/h6,11H,3-5,7H2,1-2H3. The second kappa shape index (κ2) is 6.19. The van der Waals surface area contributed by atoms with Crippen molar-refractivity contribution >= 4 is 5.97 Å². The molecule has 0 spiro atoms. The fourth-order valence-electron chi connectivity index (χ4n) is 1.09. The monoisotopic (exact) mass is 212 g/mol. The molecule has 1 N–H and O–H groups in total. The SMILES string of the molecule is CCCNCc1cc(C(=O)OCC)no1. The maximum Gasteiger partial charge on any atom is 0.360 e. The average molecular weight is 212 g/mol. The fraction of sp³-hybridized carbons (Fsp3) is 0.600. The minimum absolute atomic E-state index is 0.227. The summed E-state index contributed by atoms with van der Waals surface area (Å²) in [6.45, 7) is 5.67. The summed E-state index contributed by atoms with van der Waals surface area (Å²) in [7, 11) is 0. The van der Waals surface area contributed by atoms with E-state index in [2.05, 4.69) is 17.4 Å². The van der Waals surface area contributed by atoms with Gasteiger partial charge in [-0.05, 0) is 19.9 Å². The van der Waals surface area contributed by atoms with Gasteiger partial charge in [-0.25, -0.2) is 4.79 Å². The zero-order valence-corrected chi connectivity index (χ0v) is 9.08. The van der Waals surface area contributed by atoms with Crippen molar-refractivity contribution < 1.29 is 14.1 Å². The molecule has 0 bridgehead atoms. The number of carbonyl (C=O) groups is 1. The van der Waals surface area contributed by atoms with Gasteiger partial charge in [0, 0.05) is 6.07 Å². The number of nitrogens with one attached hydrogen (secondary N) is 1. The van der Waals surface area contributed by atoms with E-state index in [9.17, 15) is 4.79 Å². The molecule has 1 rings (SSSR count). The predicted molar refractivity (Wildman–Crippen MR) is 54.5 cm³/mol. The molecule has 0 fully saturated rings.